The molecule has 0 spiro atoms. The van der Waals surface area contributed by atoms with Gasteiger partial charge in [-0.25, -0.2) is 14.1 Å². The maximum Gasteiger partial charge on any atom is 0.293 e. The van der Waals surface area contributed by atoms with Crippen molar-refractivity contribution in [3.8, 4) is 5.69 Å². The third-order valence-corrected chi connectivity index (χ3v) is 3.88. The molecule has 25 heavy (non-hydrogen) atoms. The molecule has 0 unspecified atom stereocenters. The summed E-state index contributed by atoms with van der Waals surface area (Å²) < 4.78 is 16.4. The van der Waals surface area contributed by atoms with E-state index in [0.29, 0.717) is 18.1 Å². The van der Waals surface area contributed by atoms with Gasteiger partial charge in [0.05, 0.1) is 17.9 Å². The molecule has 0 aliphatic carbocycles. The Morgan fingerprint density at radius 1 is 1.24 bits per heavy atom. The number of carbonyl (C=O) groups excluding carboxylic acids is 1. The van der Waals surface area contributed by atoms with Gasteiger partial charge in [-0.15, -0.1) is 5.10 Å². The van der Waals surface area contributed by atoms with E-state index in [4.69, 9.17) is 0 Å². The van der Waals surface area contributed by atoms with Gasteiger partial charge in [0.25, 0.3) is 5.91 Å². The van der Waals surface area contributed by atoms with Crippen LogP contribution in [0.25, 0.3) is 5.69 Å². The minimum Gasteiger partial charge on any atom is -0.333 e. The van der Waals surface area contributed by atoms with Crippen molar-refractivity contribution in [3.05, 3.63) is 59.7 Å². The van der Waals surface area contributed by atoms with Crippen molar-refractivity contribution < 1.29 is 9.18 Å². The smallest absolute Gasteiger partial charge is 0.293 e. The van der Waals surface area contributed by atoms with Crippen LogP contribution >= 0.6 is 0 Å². The molecule has 2 aromatic heterocycles. The molecule has 2 heterocycles. The van der Waals surface area contributed by atoms with Crippen molar-refractivity contribution >= 4 is 5.91 Å². The summed E-state index contributed by atoms with van der Waals surface area (Å²) in [6.45, 7) is 4.89. The third-order valence-electron chi connectivity index (χ3n) is 3.88. The third kappa shape index (κ3) is 3.42. The van der Waals surface area contributed by atoms with E-state index in [1.165, 1.54) is 16.8 Å². The zero-order valence-corrected chi connectivity index (χ0v) is 14.3. The topological polar surface area (TPSA) is 68.8 Å². The fourth-order valence-electron chi connectivity index (χ4n) is 2.57. The number of hydrogen-bond acceptors (Lipinski definition) is 4. The van der Waals surface area contributed by atoms with Crippen molar-refractivity contribution in [1.29, 1.82) is 0 Å². The van der Waals surface area contributed by atoms with Crippen molar-refractivity contribution in [2.24, 2.45) is 0 Å². The quantitative estimate of drug-likeness (QED) is 0.713. The average Bonchev–Trinajstić information content (AvgIpc) is 3.21. The van der Waals surface area contributed by atoms with E-state index in [9.17, 15) is 9.18 Å². The van der Waals surface area contributed by atoms with Gasteiger partial charge in [0, 0.05) is 19.8 Å². The number of rotatable bonds is 5. The highest BCUT2D eigenvalue weighted by Crippen LogP contribution is 2.12. The van der Waals surface area contributed by atoms with Crippen LogP contribution < -0.4 is 0 Å². The first-order valence-electron chi connectivity index (χ1n) is 7.95. The van der Waals surface area contributed by atoms with E-state index >= 15 is 0 Å². The van der Waals surface area contributed by atoms with E-state index in [1.807, 2.05) is 17.7 Å². The summed E-state index contributed by atoms with van der Waals surface area (Å²) in [7, 11) is 1.70. The molecule has 1 aromatic carbocycles. The largest absolute Gasteiger partial charge is 0.333 e. The fraction of sp³-hybridized carbons (Fsp3) is 0.294. The number of hydrogen-bond donors (Lipinski definition) is 0. The normalized spacial score (nSPS) is 10.9. The van der Waals surface area contributed by atoms with Gasteiger partial charge in [-0.2, -0.15) is 5.10 Å². The first-order chi connectivity index (χ1) is 12.0. The Labute approximate surface area is 144 Å². The zero-order chi connectivity index (χ0) is 18.0. The molecule has 3 aromatic rings. The van der Waals surface area contributed by atoms with Crippen LogP contribution in [-0.2, 0) is 13.1 Å². The minimum atomic E-state index is -0.329. The zero-order valence-electron chi connectivity index (χ0n) is 14.3. The molecule has 0 saturated carbocycles. The standard InChI is InChI=1S/C17H19FN6O/c1-4-23-15(9-10-19-23)11-22(3)17(25)16-20-12(2)24(21-16)14-7-5-13(18)6-8-14/h5-10H,4,11H2,1-3H3. The molecule has 0 aliphatic rings. The van der Waals surface area contributed by atoms with Gasteiger partial charge < -0.3 is 4.90 Å². The molecule has 0 fully saturated rings. The summed E-state index contributed by atoms with van der Waals surface area (Å²) in [5.74, 6) is 0.0479. The van der Waals surface area contributed by atoms with Crippen molar-refractivity contribution in [2.75, 3.05) is 7.05 Å². The molecule has 0 saturated heterocycles. The lowest BCUT2D eigenvalue weighted by molar-refractivity contribution is 0.0769. The molecular formula is C17H19FN6O. The van der Waals surface area contributed by atoms with Crippen LogP contribution in [0.4, 0.5) is 4.39 Å². The highest BCUT2D eigenvalue weighted by Gasteiger charge is 2.20. The fourth-order valence-corrected chi connectivity index (χ4v) is 2.57. The first kappa shape index (κ1) is 16.8. The number of halogens is 1. The van der Waals surface area contributed by atoms with Crippen LogP contribution in [0.15, 0.2) is 36.5 Å². The Bertz CT molecular complexity index is 883. The Hall–Kier alpha value is -3.03. The molecule has 3 rings (SSSR count). The van der Waals surface area contributed by atoms with E-state index in [2.05, 4.69) is 15.2 Å². The summed E-state index contributed by atoms with van der Waals surface area (Å²) in [6.07, 6.45) is 1.71. The number of nitrogens with zero attached hydrogens (tertiary/aromatic N) is 6. The van der Waals surface area contributed by atoms with E-state index in [0.717, 1.165) is 12.2 Å². The van der Waals surface area contributed by atoms with Crippen LogP contribution in [-0.4, -0.2) is 42.4 Å². The second kappa shape index (κ2) is 6.84. The number of aromatic nitrogens is 5. The predicted octanol–water partition coefficient (Wildman–Crippen LogP) is 2.20. The lowest BCUT2D eigenvalue weighted by Crippen LogP contribution is -2.28. The molecule has 1 amide bonds. The van der Waals surface area contributed by atoms with Gasteiger partial charge in [-0.05, 0) is 44.2 Å². The van der Waals surface area contributed by atoms with Gasteiger partial charge in [0.2, 0.25) is 5.82 Å². The van der Waals surface area contributed by atoms with Gasteiger partial charge >= 0.3 is 0 Å². The van der Waals surface area contributed by atoms with Gasteiger partial charge in [0.15, 0.2) is 0 Å². The highest BCUT2D eigenvalue weighted by atomic mass is 19.1. The minimum absolute atomic E-state index is 0.104. The first-order valence-corrected chi connectivity index (χ1v) is 7.95. The van der Waals surface area contributed by atoms with Gasteiger partial charge in [-0.1, -0.05) is 0 Å². The van der Waals surface area contributed by atoms with Crippen LogP contribution in [0.2, 0.25) is 0 Å². The Morgan fingerprint density at radius 3 is 2.64 bits per heavy atom. The number of carbonyl (C=O) groups is 1. The van der Waals surface area contributed by atoms with Crippen LogP contribution in [0.3, 0.4) is 0 Å². The number of amides is 1. The summed E-state index contributed by atoms with van der Waals surface area (Å²) in [6, 6.07) is 7.75. The molecule has 0 atom stereocenters. The lowest BCUT2D eigenvalue weighted by atomic mass is 10.3. The summed E-state index contributed by atoms with van der Waals surface area (Å²) in [4.78, 5) is 18.4. The Kier molecular flexibility index (Phi) is 4.60. The van der Waals surface area contributed by atoms with Gasteiger partial charge in [0.1, 0.15) is 11.6 Å². The molecule has 0 aliphatic heterocycles. The van der Waals surface area contributed by atoms with Crippen LogP contribution in [0.1, 0.15) is 29.1 Å². The summed E-state index contributed by atoms with van der Waals surface area (Å²) >= 11 is 0. The van der Waals surface area contributed by atoms with Crippen molar-refractivity contribution in [3.63, 3.8) is 0 Å². The second-order valence-electron chi connectivity index (χ2n) is 5.67. The molecular weight excluding hydrogens is 323 g/mol. The van der Waals surface area contributed by atoms with E-state index in [-0.39, 0.29) is 17.5 Å². The molecule has 0 bridgehead atoms. The molecule has 0 N–H and O–H groups in total. The summed E-state index contributed by atoms with van der Waals surface area (Å²) in [5.41, 5.74) is 1.59. The Balaban J connectivity index is 1.80. The highest BCUT2D eigenvalue weighted by molar-refractivity contribution is 5.90. The van der Waals surface area contributed by atoms with Crippen LogP contribution in [0.5, 0.6) is 0 Å². The maximum atomic E-state index is 13.1. The monoisotopic (exact) mass is 342 g/mol. The summed E-state index contributed by atoms with van der Waals surface area (Å²) in [5, 5.41) is 8.47. The molecule has 8 heteroatoms. The number of aryl methyl sites for hydroxylation is 2. The van der Waals surface area contributed by atoms with Crippen molar-refractivity contribution in [1.82, 2.24) is 29.4 Å². The predicted molar refractivity (Wildman–Crippen MR) is 89.8 cm³/mol. The van der Waals surface area contributed by atoms with E-state index < -0.39 is 0 Å². The molecule has 0 radical (unpaired) electrons. The molecule has 7 nitrogen and oxygen atoms in total. The van der Waals surface area contributed by atoms with Crippen LogP contribution in [0, 0.1) is 12.7 Å². The average molecular weight is 342 g/mol. The second-order valence-corrected chi connectivity index (χ2v) is 5.67. The molecule has 130 valence electrons. The van der Waals surface area contributed by atoms with Gasteiger partial charge in [-0.3, -0.25) is 9.48 Å². The van der Waals surface area contributed by atoms with E-state index in [1.54, 1.807) is 37.2 Å². The maximum absolute atomic E-state index is 13.1. The Morgan fingerprint density at radius 2 is 1.96 bits per heavy atom. The lowest BCUT2D eigenvalue weighted by Gasteiger charge is -2.15. The SMILES string of the molecule is CCn1nccc1CN(C)C(=O)c1nc(C)n(-c2ccc(F)cc2)n1. The van der Waals surface area contributed by atoms with Crippen molar-refractivity contribution in [2.45, 2.75) is 26.9 Å². The number of benzene rings is 1.